The first-order valence-corrected chi connectivity index (χ1v) is 8.29. The third kappa shape index (κ3) is 3.60. The predicted octanol–water partition coefficient (Wildman–Crippen LogP) is 4.72. The average molecular weight is 366 g/mol. The molecule has 0 atom stereocenters. The zero-order valence-electron chi connectivity index (χ0n) is 13.4. The molecule has 0 aromatic heterocycles. The Labute approximate surface area is 150 Å². The van der Waals surface area contributed by atoms with Gasteiger partial charge in [-0.1, -0.05) is 41.4 Å². The van der Waals surface area contributed by atoms with Crippen LogP contribution in [0.5, 0.6) is 11.5 Å². The summed E-state index contributed by atoms with van der Waals surface area (Å²) >= 11 is 12.1. The summed E-state index contributed by atoms with van der Waals surface area (Å²) in [7, 11) is 0. The van der Waals surface area contributed by atoms with E-state index in [0.717, 1.165) is 12.0 Å². The molecule has 3 rings (SSSR count). The van der Waals surface area contributed by atoms with Crippen LogP contribution in [0.25, 0.3) is 0 Å². The highest BCUT2D eigenvalue weighted by atomic mass is 35.5. The molecule has 1 aliphatic rings. The Bertz CT molecular complexity index is 770. The van der Waals surface area contributed by atoms with Crippen molar-refractivity contribution in [2.24, 2.45) is 0 Å². The van der Waals surface area contributed by atoms with Gasteiger partial charge in [-0.25, -0.2) is 0 Å². The van der Waals surface area contributed by atoms with Crippen molar-refractivity contribution in [3.63, 3.8) is 0 Å². The van der Waals surface area contributed by atoms with E-state index in [1.54, 1.807) is 24.3 Å². The number of nitrogens with one attached hydrogen (secondary N) is 1. The van der Waals surface area contributed by atoms with Gasteiger partial charge in [0.15, 0.2) is 18.1 Å². The van der Waals surface area contributed by atoms with Crippen molar-refractivity contribution < 1.29 is 14.3 Å². The Morgan fingerprint density at radius 1 is 1.21 bits per heavy atom. The SMILES string of the molecule is CC1(C)Cc2cccc(OCC(=O)Nc3c(Cl)cccc3Cl)c2O1. The maximum Gasteiger partial charge on any atom is 0.262 e. The zero-order chi connectivity index (χ0) is 17.3. The fourth-order valence-corrected chi connectivity index (χ4v) is 3.13. The molecule has 24 heavy (non-hydrogen) atoms. The van der Waals surface area contributed by atoms with Crippen LogP contribution < -0.4 is 14.8 Å². The van der Waals surface area contributed by atoms with Crippen LogP contribution in [-0.2, 0) is 11.2 Å². The van der Waals surface area contributed by atoms with Crippen molar-refractivity contribution in [3.05, 3.63) is 52.0 Å². The summed E-state index contributed by atoms with van der Waals surface area (Å²) < 4.78 is 11.5. The molecule has 6 heteroatoms. The summed E-state index contributed by atoms with van der Waals surface area (Å²) in [5, 5.41) is 3.42. The molecule has 0 saturated carbocycles. The number of carbonyl (C=O) groups is 1. The molecule has 0 aliphatic carbocycles. The van der Waals surface area contributed by atoms with Crippen LogP contribution >= 0.6 is 23.2 Å². The first-order chi connectivity index (χ1) is 11.4. The van der Waals surface area contributed by atoms with Crippen molar-refractivity contribution in [3.8, 4) is 11.5 Å². The van der Waals surface area contributed by atoms with Crippen LogP contribution in [-0.4, -0.2) is 18.1 Å². The molecule has 1 N–H and O–H groups in total. The second-order valence-electron chi connectivity index (χ2n) is 6.22. The maximum absolute atomic E-state index is 12.1. The summed E-state index contributed by atoms with van der Waals surface area (Å²) in [6, 6.07) is 10.7. The van der Waals surface area contributed by atoms with Crippen LogP contribution in [0.15, 0.2) is 36.4 Å². The summed E-state index contributed by atoms with van der Waals surface area (Å²) in [6.45, 7) is 3.87. The zero-order valence-corrected chi connectivity index (χ0v) is 14.9. The van der Waals surface area contributed by atoms with E-state index in [-0.39, 0.29) is 18.1 Å². The Hall–Kier alpha value is -1.91. The second-order valence-corrected chi connectivity index (χ2v) is 7.03. The van der Waals surface area contributed by atoms with Gasteiger partial charge < -0.3 is 14.8 Å². The van der Waals surface area contributed by atoms with E-state index in [4.69, 9.17) is 32.7 Å². The second kappa shape index (κ2) is 6.54. The predicted molar refractivity (Wildman–Crippen MR) is 95.4 cm³/mol. The first-order valence-electron chi connectivity index (χ1n) is 7.53. The van der Waals surface area contributed by atoms with Crippen molar-refractivity contribution in [2.45, 2.75) is 25.9 Å². The number of hydrogen-bond acceptors (Lipinski definition) is 3. The van der Waals surface area contributed by atoms with Crippen molar-refractivity contribution >= 4 is 34.8 Å². The molecule has 126 valence electrons. The number of hydrogen-bond donors (Lipinski definition) is 1. The molecule has 0 spiro atoms. The molecular formula is C18H17Cl2NO3. The van der Waals surface area contributed by atoms with E-state index < -0.39 is 0 Å². The van der Waals surface area contributed by atoms with Crippen LogP contribution in [0, 0.1) is 0 Å². The van der Waals surface area contributed by atoms with Gasteiger partial charge in [0.05, 0.1) is 15.7 Å². The van der Waals surface area contributed by atoms with Crippen LogP contribution in [0.3, 0.4) is 0 Å². The Balaban J connectivity index is 1.67. The van der Waals surface area contributed by atoms with Crippen LogP contribution in [0.4, 0.5) is 5.69 Å². The molecule has 2 aromatic rings. The molecule has 1 heterocycles. The Morgan fingerprint density at radius 3 is 2.58 bits per heavy atom. The number of carbonyl (C=O) groups excluding carboxylic acids is 1. The first kappa shape index (κ1) is 16.9. The normalized spacial score (nSPS) is 14.7. The van der Waals surface area contributed by atoms with Gasteiger partial charge in [0, 0.05) is 12.0 Å². The van der Waals surface area contributed by atoms with E-state index in [9.17, 15) is 4.79 Å². The van der Waals surface area contributed by atoms with Crippen molar-refractivity contribution in [1.29, 1.82) is 0 Å². The lowest BCUT2D eigenvalue weighted by atomic mass is 10.0. The van der Waals surface area contributed by atoms with Gasteiger partial charge in [0.25, 0.3) is 5.91 Å². The minimum absolute atomic E-state index is 0.165. The molecule has 1 aliphatic heterocycles. The quantitative estimate of drug-likeness (QED) is 0.852. The van der Waals surface area contributed by atoms with E-state index in [2.05, 4.69) is 5.32 Å². The topological polar surface area (TPSA) is 47.6 Å². The third-order valence-corrected chi connectivity index (χ3v) is 4.27. The Kier molecular flexibility index (Phi) is 4.61. The largest absolute Gasteiger partial charge is 0.483 e. The van der Waals surface area contributed by atoms with Gasteiger partial charge in [-0.05, 0) is 32.0 Å². The number of benzene rings is 2. The maximum atomic E-state index is 12.1. The highest BCUT2D eigenvalue weighted by Crippen LogP contribution is 2.41. The van der Waals surface area contributed by atoms with E-state index >= 15 is 0 Å². The molecular weight excluding hydrogens is 349 g/mol. The summed E-state index contributed by atoms with van der Waals surface area (Å²) in [6.07, 6.45) is 0.807. The lowest BCUT2D eigenvalue weighted by molar-refractivity contribution is -0.118. The number of amides is 1. The molecule has 0 saturated heterocycles. The molecule has 0 fully saturated rings. The highest BCUT2D eigenvalue weighted by Gasteiger charge is 2.32. The van der Waals surface area contributed by atoms with Crippen molar-refractivity contribution in [1.82, 2.24) is 0 Å². The number of para-hydroxylation sites is 2. The van der Waals surface area contributed by atoms with Crippen LogP contribution in [0.1, 0.15) is 19.4 Å². The molecule has 0 unspecified atom stereocenters. The van der Waals surface area contributed by atoms with E-state index in [1.165, 1.54) is 0 Å². The molecule has 2 aromatic carbocycles. The summed E-state index contributed by atoms with van der Waals surface area (Å²) in [5.74, 6) is 0.907. The number of rotatable bonds is 4. The van der Waals surface area contributed by atoms with Crippen molar-refractivity contribution in [2.75, 3.05) is 11.9 Å². The summed E-state index contributed by atoms with van der Waals surface area (Å²) in [4.78, 5) is 12.1. The smallest absolute Gasteiger partial charge is 0.262 e. The van der Waals surface area contributed by atoms with Crippen LogP contribution in [0.2, 0.25) is 10.0 Å². The Morgan fingerprint density at radius 2 is 1.88 bits per heavy atom. The number of anilines is 1. The third-order valence-electron chi connectivity index (χ3n) is 3.64. The molecule has 0 radical (unpaired) electrons. The van der Waals surface area contributed by atoms with Gasteiger partial charge in [-0.15, -0.1) is 0 Å². The van der Waals surface area contributed by atoms with Gasteiger partial charge in [0.1, 0.15) is 5.60 Å². The monoisotopic (exact) mass is 365 g/mol. The fraction of sp³-hybridized carbons (Fsp3) is 0.278. The summed E-state index contributed by atoms with van der Waals surface area (Å²) in [5.41, 5.74) is 1.19. The van der Waals surface area contributed by atoms with Gasteiger partial charge >= 0.3 is 0 Å². The lowest BCUT2D eigenvalue weighted by Gasteiger charge is -2.18. The number of halogens is 2. The minimum Gasteiger partial charge on any atom is -0.483 e. The number of fused-ring (bicyclic) bond motifs is 1. The molecule has 1 amide bonds. The van der Waals surface area contributed by atoms with E-state index in [1.807, 2.05) is 26.0 Å². The average Bonchev–Trinajstić information content (AvgIpc) is 2.83. The standard InChI is InChI=1S/C18H17Cl2NO3/c1-18(2)9-11-5-3-8-14(17(11)24-18)23-10-15(22)21-16-12(19)6-4-7-13(16)20/h3-8H,9-10H2,1-2H3,(H,21,22). The lowest BCUT2D eigenvalue weighted by Crippen LogP contribution is -2.25. The minimum atomic E-state index is -0.347. The fourth-order valence-electron chi connectivity index (χ4n) is 2.64. The highest BCUT2D eigenvalue weighted by molar-refractivity contribution is 6.39. The van der Waals surface area contributed by atoms with Gasteiger partial charge in [-0.2, -0.15) is 0 Å². The molecule has 0 bridgehead atoms. The van der Waals surface area contributed by atoms with E-state index in [0.29, 0.717) is 27.2 Å². The van der Waals surface area contributed by atoms with Gasteiger partial charge in [-0.3, -0.25) is 4.79 Å². The number of ether oxygens (including phenoxy) is 2. The van der Waals surface area contributed by atoms with Gasteiger partial charge in [0.2, 0.25) is 0 Å². The molecule has 4 nitrogen and oxygen atoms in total.